The molecule has 2 unspecified atom stereocenters. The molecule has 0 aliphatic carbocycles. The Kier molecular flexibility index (Phi) is 11.4. The van der Waals surface area contributed by atoms with Gasteiger partial charge in [0.25, 0.3) is 0 Å². The fourth-order valence-corrected chi connectivity index (χ4v) is 2.06. The van der Waals surface area contributed by atoms with E-state index in [0.29, 0.717) is 11.8 Å². The molecule has 2 rings (SSSR count). The van der Waals surface area contributed by atoms with Gasteiger partial charge in [-0.2, -0.15) is 0 Å². The molecule has 0 aliphatic heterocycles. The quantitative estimate of drug-likeness (QED) is 0.786. The monoisotopic (exact) mass is 338 g/mol. The molecule has 0 spiro atoms. The zero-order valence-corrected chi connectivity index (χ0v) is 16.9. The molecule has 0 N–H and O–H groups in total. The molecule has 120 valence electrons. The standard InChI is InChI=1S/2C10H14O.Ca/c2*1-3-8(2)9-4-6-10(11)7-5-9;/h2*4-8,11H,3H2,1-2H3;/q;;+2/p-2. The first-order chi connectivity index (χ1) is 10.5. The van der Waals surface area contributed by atoms with Crippen LogP contribution < -0.4 is 10.2 Å². The Morgan fingerprint density at radius 3 is 1.13 bits per heavy atom. The van der Waals surface area contributed by atoms with E-state index in [4.69, 9.17) is 0 Å². The summed E-state index contributed by atoms with van der Waals surface area (Å²) in [6.07, 6.45) is 2.25. The van der Waals surface area contributed by atoms with Crippen molar-refractivity contribution in [3.63, 3.8) is 0 Å². The summed E-state index contributed by atoms with van der Waals surface area (Å²) in [6.45, 7) is 8.63. The third-order valence-corrected chi connectivity index (χ3v) is 4.12. The number of benzene rings is 2. The molecule has 0 aromatic heterocycles. The minimum Gasteiger partial charge on any atom is -0.872 e. The smallest absolute Gasteiger partial charge is 0.872 e. The van der Waals surface area contributed by atoms with Gasteiger partial charge in [0.2, 0.25) is 0 Å². The Hall–Kier alpha value is -0.700. The molecule has 2 nitrogen and oxygen atoms in total. The van der Waals surface area contributed by atoms with Crippen molar-refractivity contribution in [2.24, 2.45) is 0 Å². The first kappa shape index (κ1) is 22.3. The summed E-state index contributed by atoms with van der Waals surface area (Å²) in [5.41, 5.74) is 2.51. The first-order valence-corrected chi connectivity index (χ1v) is 8.01. The van der Waals surface area contributed by atoms with Crippen LogP contribution in [0.1, 0.15) is 63.5 Å². The second kappa shape index (κ2) is 11.8. The third-order valence-electron chi connectivity index (χ3n) is 4.12. The van der Waals surface area contributed by atoms with Crippen molar-refractivity contribution in [2.45, 2.75) is 52.4 Å². The van der Waals surface area contributed by atoms with Crippen LogP contribution in [0.4, 0.5) is 0 Å². The van der Waals surface area contributed by atoms with Crippen LogP contribution in [0, 0.1) is 0 Å². The summed E-state index contributed by atoms with van der Waals surface area (Å²) in [6, 6.07) is 14.2. The van der Waals surface area contributed by atoms with E-state index in [1.54, 1.807) is 24.3 Å². The fraction of sp³-hybridized carbons (Fsp3) is 0.400. The summed E-state index contributed by atoms with van der Waals surface area (Å²) >= 11 is 0. The molecule has 0 amide bonds. The van der Waals surface area contributed by atoms with Crippen molar-refractivity contribution >= 4 is 37.7 Å². The van der Waals surface area contributed by atoms with Crippen LogP contribution in [0.2, 0.25) is 0 Å². The van der Waals surface area contributed by atoms with Gasteiger partial charge in [0.15, 0.2) is 0 Å². The largest absolute Gasteiger partial charge is 2.00 e. The Labute approximate surface area is 170 Å². The van der Waals surface area contributed by atoms with Crippen LogP contribution in [0.3, 0.4) is 0 Å². The second-order valence-electron chi connectivity index (χ2n) is 5.76. The van der Waals surface area contributed by atoms with Crippen molar-refractivity contribution in [1.29, 1.82) is 0 Å². The summed E-state index contributed by atoms with van der Waals surface area (Å²) in [7, 11) is 0. The topological polar surface area (TPSA) is 46.1 Å². The Balaban J connectivity index is 0.000000403. The maximum atomic E-state index is 10.7. The van der Waals surface area contributed by atoms with Gasteiger partial charge in [0.1, 0.15) is 0 Å². The summed E-state index contributed by atoms with van der Waals surface area (Å²) < 4.78 is 0. The summed E-state index contributed by atoms with van der Waals surface area (Å²) in [5.74, 6) is 1.32. The van der Waals surface area contributed by atoms with Gasteiger partial charge in [-0.1, -0.05) is 76.2 Å². The molecule has 0 bridgehead atoms. The van der Waals surface area contributed by atoms with Crippen LogP contribution in [-0.4, -0.2) is 37.7 Å². The van der Waals surface area contributed by atoms with Gasteiger partial charge in [-0.3, -0.25) is 0 Å². The molecular weight excluding hydrogens is 312 g/mol. The van der Waals surface area contributed by atoms with E-state index in [-0.39, 0.29) is 49.2 Å². The van der Waals surface area contributed by atoms with Gasteiger partial charge in [-0.05, 0) is 35.8 Å². The predicted molar refractivity (Wildman–Crippen MR) is 94.9 cm³/mol. The molecule has 2 aromatic rings. The van der Waals surface area contributed by atoms with Crippen molar-refractivity contribution in [3.8, 4) is 11.5 Å². The average Bonchev–Trinajstić information content (AvgIpc) is 2.55. The maximum absolute atomic E-state index is 10.7. The Bertz CT molecular complexity index is 483. The average molecular weight is 339 g/mol. The molecule has 0 saturated heterocycles. The fourth-order valence-electron chi connectivity index (χ4n) is 2.06. The van der Waals surface area contributed by atoms with Crippen LogP contribution in [0.15, 0.2) is 48.5 Å². The first-order valence-electron chi connectivity index (χ1n) is 8.01. The van der Waals surface area contributed by atoms with Crippen LogP contribution in [0.25, 0.3) is 0 Å². The van der Waals surface area contributed by atoms with Crippen LogP contribution in [0.5, 0.6) is 11.5 Å². The SMILES string of the molecule is CCC(C)c1ccc([O-])cc1.CCC(C)c1ccc([O-])cc1.[Ca+2]. The van der Waals surface area contributed by atoms with Crippen molar-refractivity contribution in [3.05, 3.63) is 59.7 Å². The van der Waals surface area contributed by atoms with Crippen LogP contribution >= 0.6 is 0 Å². The van der Waals surface area contributed by atoms with Gasteiger partial charge >= 0.3 is 37.7 Å². The van der Waals surface area contributed by atoms with Gasteiger partial charge in [-0.15, -0.1) is 11.5 Å². The van der Waals surface area contributed by atoms with Crippen LogP contribution in [-0.2, 0) is 0 Å². The van der Waals surface area contributed by atoms with E-state index in [9.17, 15) is 10.2 Å². The molecule has 23 heavy (non-hydrogen) atoms. The molecule has 0 aliphatic rings. The second-order valence-corrected chi connectivity index (χ2v) is 5.76. The van der Waals surface area contributed by atoms with Gasteiger partial charge < -0.3 is 10.2 Å². The maximum Gasteiger partial charge on any atom is 2.00 e. The van der Waals surface area contributed by atoms with E-state index >= 15 is 0 Å². The molecule has 0 radical (unpaired) electrons. The number of hydrogen-bond acceptors (Lipinski definition) is 2. The van der Waals surface area contributed by atoms with Gasteiger partial charge in [0.05, 0.1) is 0 Å². The van der Waals surface area contributed by atoms with Gasteiger partial charge in [-0.25, -0.2) is 0 Å². The normalized spacial score (nSPS) is 12.3. The zero-order valence-electron chi connectivity index (χ0n) is 14.7. The summed E-state index contributed by atoms with van der Waals surface area (Å²) in [5, 5.41) is 21.5. The number of hydrogen-bond donors (Lipinski definition) is 0. The minimum absolute atomic E-state index is 0. The molecule has 3 heteroatoms. The van der Waals surface area contributed by atoms with E-state index < -0.39 is 0 Å². The molecule has 0 heterocycles. The molecular formula is C20H26CaO2. The van der Waals surface area contributed by atoms with Crippen molar-refractivity contribution in [2.75, 3.05) is 0 Å². The van der Waals surface area contributed by atoms with Gasteiger partial charge in [0, 0.05) is 0 Å². The van der Waals surface area contributed by atoms with Crippen molar-refractivity contribution < 1.29 is 10.2 Å². The van der Waals surface area contributed by atoms with Crippen molar-refractivity contribution in [1.82, 2.24) is 0 Å². The molecule has 0 fully saturated rings. The van der Waals surface area contributed by atoms with E-state index in [1.807, 2.05) is 24.3 Å². The zero-order chi connectivity index (χ0) is 16.5. The summed E-state index contributed by atoms with van der Waals surface area (Å²) in [4.78, 5) is 0. The Morgan fingerprint density at radius 1 is 0.652 bits per heavy atom. The third kappa shape index (κ3) is 8.10. The molecule has 2 aromatic carbocycles. The minimum atomic E-state index is 0. The Morgan fingerprint density at radius 2 is 0.913 bits per heavy atom. The van der Waals surface area contributed by atoms with E-state index in [2.05, 4.69) is 27.7 Å². The predicted octanol–water partition coefficient (Wildman–Crippen LogP) is 4.17. The molecule has 0 saturated carbocycles. The molecule has 2 atom stereocenters. The van der Waals surface area contributed by atoms with E-state index in [1.165, 1.54) is 11.1 Å². The van der Waals surface area contributed by atoms with E-state index in [0.717, 1.165) is 12.8 Å². The number of rotatable bonds is 4.